The van der Waals surface area contributed by atoms with Gasteiger partial charge in [0.15, 0.2) is 0 Å². The first kappa shape index (κ1) is 10.4. The molecule has 2 N–H and O–H groups in total. The molecule has 0 atom stereocenters. The second-order valence-electron chi connectivity index (χ2n) is 4.11. The number of aromatic nitrogens is 1. The summed E-state index contributed by atoms with van der Waals surface area (Å²) in [6, 6.07) is 2.21. The highest BCUT2D eigenvalue weighted by Gasteiger charge is 2.45. The van der Waals surface area contributed by atoms with Crippen LogP contribution in [-0.2, 0) is 4.79 Å². The molecule has 0 spiro atoms. The zero-order valence-corrected chi connectivity index (χ0v) is 8.90. The Kier molecular flexibility index (Phi) is 2.08. The van der Waals surface area contributed by atoms with Gasteiger partial charge < -0.3 is 10.3 Å². The van der Waals surface area contributed by atoms with E-state index in [9.17, 15) is 14.4 Å². The standard InChI is InChI=1S/C10H11N3O3/c1-10(2)8(15)13(9(16)12-10)6-3-4-7(14)11-5-6/h3-5H,1-2H3,(H,11,14)(H,12,16). The van der Waals surface area contributed by atoms with Gasteiger partial charge in [-0.3, -0.25) is 9.59 Å². The van der Waals surface area contributed by atoms with E-state index in [-0.39, 0.29) is 11.5 Å². The van der Waals surface area contributed by atoms with E-state index in [2.05, 4.69) is 10.3 Å². The number of urea groups is 1. The van der Waals surface area contributed by atoms with Crippen LogP contribution in [0.4, 0.5) is 10.5 Å². The van der Waals surface area contributed by atoms with Crippen LogP contribution >= 0.6 is 0 Å². The number of anilines is 1. The lowest BCUT2D eigenvalue weighted by Crippen LogP contribution is -2.40. The van der Waals surface area contributed by atoms with Gasteiger partial charge in [-0.15, -0.1) is 0 Å². The number of carbonyl (C=O) groups excluding carboxylic acids is 2. The van der Waals surface area contributed by atoms with E-state index in [1.165, 1.54) is 18.3 Å². The van der Waals surface area contributed by atoms with Crippen molar-refractivity contribution in [1.29, 1.82) is 0 Å². The van der Waals surface area contributed by atoms with Crippen LogP contribution in [-0.4, -0.2) is 22.5 Å². The Morgan fingerprint density at radius 1 is 1.19 bits per heavy atom. The number of H-pyrrole nitrogens is 1. The Morgan fingerprint density at radius 2 is 1.88 bits per heavy atom. The quantitative estimate of drug-likeness (QED) is 0.665. The minimum Gasteiger partial charge on any atom is -0.327 e. The molecule has 1 aromatic heterocycles. The molecule has 1 aliphatic rings. The summed E-state index contributed by atoms with van der Waals surface area (Å²) in [6.45, 7) is 3.25. The average Bonchev–Trinajstić information content (AvgIpc) is 2.39. The highest BCUT2D eigenvalue weighted by atomic mass is 16.2. The first-order chi connectivity index (χ1) is 7.42. The third kappa shape index (κ3) is 1.48. The zero-order chi connectivity index (χ0) is 11.9. The monoisotopic (exact) mass is 221 g/mol. The van der Waals surface area contributed by atoms with E-state index in [4.69, 9.17) is 0 Å². The van der Waals surface area contributed by atoms with E-state index in [0.717, 1.165) is 4.90 Å². The molecular formula is C10H11N3O3. The molecule has 1 saturated heterocycles. The summed E-state index contributed by atoms with van der Waals surface area (Å²) in [4.78, 5) is 37.8. The van der Waals surface area contributed by atoms with Gasteiger partial charge in [-0.1, -0.05) is 0 Å². The summed E-state index contributed by atoms with van der Waals surface area (Å²) >= 11 is 0. The van der Waals surface area contributed by atoms with Crippen molar-refractivity contribution in [3.05, 3.63) is 28.7 Å². The molecule has 16 heavy (non-hydrogen) atoms. The van der Waals surface area contributed by atoms with Gasteiger partial charge in [0.25, 0.3) is 5.91 Å². The van der Waals surface area contributed by atoms with Crippen LogP contribution in [0.1, 0.15) is 13.8 Å². The lowest BCUT2D eigenvalue weighted by atomic mass is 10.1. The second-order valence-corrected chi connectivity index (χ2v) is 4.11. The highest BCUT2D eigenvalue weighted by Crippen LogP contribution is 2.22. The van der Waals surface area contributed by atoms with Crippen molar-refractivity contribution >= 4 is 17.6 Å². The predicted octanol–water partition coefficient (Wildman–Crippen LogP) is 0.210. The molecule has 0 unspecified atom stereocenters. The van der Waals surface area contributed by atoms with Crippen LogP contribution in [0.5, 0.6) is 0 Å². The van der Waals surface area contributed by atoms with E-state index in [1.807, 2.05) is 0 Å². The van der Waals surface area contributed by atoms with Gasteiger partial charge in [-0.25, -0.2) is 9.69 Å². The van der Waals surface area contributed by atoms with E-state index >= 15 is 0 Å². The fourth-order valence-electron chi connectivity index (χ4n) is 1.52. The summed E-state index contributed by atoms with van der Waals surface area (Å²) in [5, 5.41) is 2.55. The summed E-state index contributed by atoms with van der Waals surface area (Å²) in [5.74, 6) is -0.343. The summed E-state index contributed by atoms with van der Waals surface area (Å²) in [7, 11) is 0. The number of pyridine rings is 1. The predicted molar refractivity (Wildman–Crippen MR) is 57.2 cm³/mol. The zero-order valence-electron chi connectivity index (χ0n) is 8.90. The van der Waals surface area contributed by atoms with Gasteiger partial charge in [0.2, 0.25) is 5.56 Å². The summed E-state index contributed by atoms with van der Waals surface area (Å²) in [6.07, 6.45) is 1.33. The molecular weight excluding hydrogens is 210 g/mol. The molecule has 2 heterocycles. The Balaban J connectivity index is 2.42. The van der Waals surface area contributed by atoms with Crippen molar-refractivity contribution < 1.29 is 9.59 Å². The number of amides is 3. The molecule has 0 radical (unpaired) electrons. The van der Waals surface area contributed by atoms with Crippen molar-refractivity contribution in [3.8, 4) is 0 Å². The van der Waals surface area contributed by atoms with E-state index in [0.29, 0.717) is 5.69 Å². The normalized spacial score (nSPS) is 18.8. The molecule has 3 amide bonds. The van der Waals surface area contributed by atoms with Crippen LogP contribution in [0, 0.1) is 0 Å². The number of hydrogen-bond acceptors (Lipinski definition) is 3. The van der Waals surface area contributed by atoms with Gasteiger partial charge in [-0.2, -0.15) is 0 Å². The molecule has 1 aromatic rings. The lowest BCUT2D eigenvalue weighted by Gasteiger charge is -2.15. The Bertz CT molecular complexity index is 498. The Hall–Kier alpha value is -2.11. The minimum absolute atomic E-state index is 0.282. The maximum absolute atomic E-state index is 11.9. The van der Waals surface area contributed by atoms with Crippen LogP contribution in [0.25, 0.3) is 0 Å². The van der Waals surface area contributed by atoms with E-state index in [1.54, 1.807) is 13.8 Å². The molecule has 0 saturated carbocycles. The third-order valence-electron chi connectivity index (χ3n) is 2.39. The number of aromatic amines is 1. The maximum atomic E-state index is 11.9. The SMILES string of the molecule is CC1(C)NC(=O)N(c2ccc(=O)[nH]c2)C1=O. The van der Waals surface area contributed by atoms with Crippen molar-refractivity contribution in [3.63, 3.8) is 0 Å². The number of hydrogen-bond donors (Lipinski definition) is 2. The maximum Gasteiger partial charge on any atom is 0.329 e. The fraction of sp³-hybridized carbons (Fsp3) is 0.300. The molecule has 1 aliphatic heterocycles. The van der Waals surface area contributed by atoms with Crippen LogP contribution in [0.3, 0.4) is 0 Å². The second kappa shape index (κ2) is 3.19. The van der Waals surface area contributed by atoms with Crippen molar-refractivity contribution in [2.24, 2.45) is 0 Å². The minimum atomic E-state index is -0.910. The van der Waals surface area contributed by atoms with Crippen molar-refractivity contribution in [1.82, 2.24) is 10.3 Å². The number of rotatable bonds is 1. The number of nitrogens with one attached hydrogen (secondary N) is 2. The van der Waals surface area contributed by atoms with Crippen LogP contribution in [0.2, 0.25) is 0 Å². The molecule has 0 bridgehead atoms. The average molecular weight is 221 g/mol. The number of imide groups is 1. The van der Waals surface area contributed by atoms with Crippen molar-refractivity contribution in [2.75, 3.05) is 4.90 Å². The highest BCUT2D eigenvalue weighted by molar-refractivity contribution is 6.22. The van der Waals surface area contributed by atoms with Gasteiger partial charge in [0, 0.05) is 12.3 Å². The smallest absolute Gasteiger partial charge is 0.327 e. The van der Waals surface area contributed by atoms with E-state index < -0.39 is 11.6 Å². The van der Waals surface area contributed by atoms with Gasteiger partial charge in [0.05, 0.1) is 5.69 Å². The molecule has 0 aliphatic carbocycles. The fourth-order valence-corrected chi connectivity index (χ4v) is 1.52. The Labute approximate surface area is 91.3 Å². The lowest BCUT2D eigenvalue weighted by molar-refractivity contribution is -0.121. The molecule has 0 aromatic carbocycles. The molecule has 2 rings (SSSR count). The first-order valence-electron chi connectivity index (χ1n) is 4.77. The van der Waals surface area contributed by atoms with Crippen LogP contribution < -0.4 is 15.8 Å². The first-order valence-corrected chi connectivity index (χ1v) is 4.77. The Morgan fingerprint density at radius 3 is 2.31 bits per heavy atom. The summed E-state index contributed by atoms with van der Waals surface area (Å²) in [5.41, 5.74) is -0.838. The van der Waals surface area contributed by atoms with Gasteiger partial charge >= 0.3 is 6.03 Å². The molecule has 6 nitrogen and oxygen atoms in total. The molecule has 6 heteroatoms. The van der Waals surface area contributed by atoms with Gasteiger partial charge in [0.1, 0.15) is 5.54 Å². The number of carbonyl (C=O) groups is 2. The largest absolute Gasteiger partial charge is 0.329 e. The topological polar surface area (TPSA) is 82.3 Å². The van der Waals surface area contributed by atoms with Crippen LogP contribution in [0.15, 0.2) is 23.1 Å². The molecule has 84 valence electrons. The van der Waals surface area contributed by atoms with Gasteiger partial charge in [-0.05, 0) is 19.9 Å². The van der Waals surface area contributed by atoms with Crippen molar-refractivity contribution in [2.45, 2.75) is 19.4 Å². The third-order valence-corrected chi connectivity index (χ3v) is 2.39. The molecule has 1 fully saturated rings. The number of nitrogens with zero attached hydrogens (tertiary/aromatic N) is 1. The summed E-state index contributed by atoms with van der Waals surface area (Å²) < 4.78 is 0.